The van der Waals surface area contributed by atoms with Gasteiger partial charge in [-0.1, -0.05) is 11.6 Å². The number of aromatic nitrogens is 3. The number of halogens is 1. The number of rotatable bonds is 5. The van der Waals surface area contributed by atoms with E-state index in [1.165, 1.54) is 11.8 Å². The first kappa shape index (κ1) is 24.7. The van der Waals surface area contributed by atoms with E-state index in [0.717, 1.165) is 31.7 Å². The number of nitrogens with two attached hydrogens (primary N) is 1. The van der Waals surface area contributed by atoms with Gasteiger partial charge in [0.2, 0.25) is 0 Å². The molecule has 180 valence electrons. The third-order valence-corrected chi connectivity index (χ3v) is 9.21. The Bertz CT molecular complexity index is 1010. The molecule has 2 fully saturated rings. The standard InChI is InChI=1S/C22H31ClN6O2S2/c1-14-19(28-33(30)21(2,3)4)22(13-31-14)7-9-29(10-8-22)17-11-26-18(12-25-17)32-20-15(23)5-6-16(24)27-20/h5-6,11-12,14,19,28H,7-10,13H2,1-4H3,(H2,24,27)/t14-,19+,33+/m0/s1. The van der Waals surface area contributed by atoms with Gasteiger partial charge in [-0.25, -0.2) is 23.9 Å². The van der Waals surface area contributed by atoms with E-state index in [2.05, 4.69) is 31.5 Å². The Morgan fingerprint density at radius 1 is 1.27 bits per heavy atom. The molecular weight excluding hydrogens is 480 g/mol. The number of hydrogen-bond donors (Lipinski definition) is 2. The Kier molecular flexibility index (Phi) is 7.21. The van der Waals surface area contributed by atoms with Crippen LogP contribution in [0.15, 0.2) is 34.6 Å². The van der Waals surface area contributed by atoms with E-state index in [4.69, 9.17) is 22.1 Å². The zero-order valence-corrected chi connectivity index (χ0v) is 21.8. The van der Waals surface area contributed by atoms with E-state index in [-0.39, 0.29) is 22.3 Å². The minimum absolute atomic E-state index is 0.0181. The molecule has 1 spiro atoms. The number of anilines is 2. The maximum atomic E-state index is 12.8. The largest absolute Gasteiger partial charge is 0.384 e. The molecule has 2 aliphatic heterocycles. The van der Waals surface area contributed by atoms with Crippen LogP contribution in [0.2, 0.25) is 5.02 Å². The molecule has 0 unspecified atom stereocenters. The molecule has 3 N–H and O–H groups in total. The Morgan fingerprint density at radius 3 is 2.64 bits per heavy atom. The Labute approximate surface area is 207 Å². The molecule has 4 rings (SSSR count). The number of nitrogens with zero attached hydrogens (tertiary/aromatic N) is 4. The minimum Gasteiger partial charge on any atom is -0.384 e. The van der Waals surface area contributed by atoms with Crippen molar-refractivity contribution < 1.29 is 8.95 Å². The van der Waals surface area contributed by atoms with Gasteiger partial charge in [0.05, 0.1) is 51.9 Å². The topological polar surface area (TPSA) is 106 Å². The normalized spacial score (nSPS) is 23.7. The van der Waals surface area contributed by atoms with E-state index in [0.29, 0.717) is 27.5 Å². The molecule has 2 aliphatic rings. The second-order valence-corrected chi connectivity index (χ2v) is 13.1. The summed E-state index contributed by atoms with van der Waals surface area (Å²) in [4.78, 5) is 15.7. The van der Waals surface area contributed by atoms with Crippen molar-refractivity contribution in [2.75, 3.05) is 30.3 Å². The van der Waals surface area contributed by atoms with Crippen LogP contribution in [-0.2, 0) is 15.7 Å². The highest BCUT2D eigenvalue weighted by Gasteiger charge is 2.50. The molecule has 0 saturated carbocycles. The molecule has 2 saturated heterocycles. The van der Waals surface area contributed by atoms with Crippen LogP contribution >= 0.6 is 23.4 Å². The van der Waals surface area contributed by atoms with Crippen LogP contribution in [0, 0.1) is 5.41 Å². The summed E-state index contributed by atoms with van der Waals surface area (Å²) < 4.78 is 21.9. The molecule has 0 bridgehead atoms. The van der Waals surface area contributed by atoms with Crippen LogP contribution in [0.4, 0.5) is 11.6 Å². The fraction of sp³-hybridized carbons (Fsp3) is 0.591. The van der Waals surface area contributed by atoms with Crippen LogP contribution in [0.3, 0.4) is 0 Å². The third kappa shape index (κ3) is 5.45. The highest BCUT2D eigenvalue weighted by Crippen LogP contribution is 2.43. The highest BCUT2D eigenvalue weighted by molar-refractivity contribution is 7.99. The number of ether oxygens (including phenoxy) is 1. The predicted molar refractivity (Wildman–Crippen MR) is 134 cm³/mol. The van der Waals surface area contributed by atoms with Crippen molar-refractivity contribution in [2.45, 2.75) is 67.5 Å². The first-order valence-corrected chi connectivity index (χ1v) is 13.4. The SMILES string of the molecule is C[C@@H]1OCC2(CCN(c3cnc(Sc4nc(N)ccc4Cl)cn3)CC2)[C@@H]1N[S@](=O)C(C)(C)C. The number of pyridine rings is 1. The quantitative estimate of drug-likeness (QED) is 0.627. The highest BCUT2D eigenvalue weighted by atomic mass is 35.5. The molecule has 0 aliphatic carbocycles. The molecule has 8 nitrogen and oxygen atoms in total. The number of hydrogen-bond acceptors (Lipinski definition) is 8. The van der Waals surface area contributed by atoms with Crippen molar-refractivity contribution in [3.8, 4) is 0 Å². The maximum absolute atomic E-state index is 12.8. The van der Waals surface area contributed by atoms with E-state index in [9.17, 15) is 4.21 Å². The van der Waals surface area contributed by atoms with Gasteiger partial charge in [0.25, 0.3) is 0 Å². The average molecular weight is 511 g/mol. The summed E-state index contributed by atoms with van der Waals surface area (Å²) in [5.74, 6) is 1.26. The zero-order valence-electron chi connectivity index (χ0n) is 19.4. The van der Waals surface area contributed by atoms with Crippen molar-refractivity contribution >= 4 is 46.0 Å². The number of nitrogens with one attached hydrogen (secondary N) is 1. The summed E-state index contributed by atoms with van der Waals surface area (Å²) in [5, 5.41) is 1.85. The first-order chi connectivity index (χ1) is 15.6. The van der Waals surface area contributed by atoms with Gasteiger partial charge in [-0.2, -0.15) is 0 Å². The molecule has 0 radical (unpaired) electrons. The summed E-state index contributed by atoms with van der Waals surface area (Å²) >= 11 is 7.55. The number of piperidine rings is 1. The molecule has 2 aromatic heterocycles. The smallest absolute Gasteiger partial charge is 0.147 e. The first-order valence-electron chi connectivity index (χ1n) is 11.0. The minimum atomic E-state index is -1.13. The van der Waals surface area contributed by atoms with Crippen molar-refractivity contribution in [3.63, 3.8) is 0 Å². The summed E-state index contributed by atoms with van der Waals surface area (Å²) in [6.45, 7) is 10.4. The van der Waals surface area contributed by atoms with Gasteiger partial charge >= 0.3 is 0 Å². The summed E-state index contributed by atoms with van der Waals surface area (Å²) in [5.41, 5.74) is 5.74. The van der Waals surface area contributed by atoms with E-state index in [1.807, 2.05) is 20.8 Å². The monoisotopic (exact) mass is 510 g/mol. The Balaban J connectivity index is 1.40. The van der Waals surface area contributed by atoms with Gasteiger partial charge in [0, 0.05) is 18.5 Å². The Morgan fingerprint density at radius 2 is 2.00 bits per heavy atom. The van der Waals surface area contributed by atoms with Crippen molar-refractivity contribution in [3.05, 3.63) is 29.5 Å². The summed E-state index contributed by atoms with van der Waals surface area (Å²) in [6.07, 6.45) is 5.45. The molecule has 3 atom stereocenters. The second-order valence-electron chi connectivity index (χ2n) is 9.68. The molecule has 4 heterocycles. The summed E-state index contributed by atoms with van der Waals surface area (Å²) in [6, 6.07) is 3.46. The van der Waals surface area contributed by atoms with Crippen molar-refractivity contribution in [2.24, 2.45) is 5.41 Å². The summed E-state index contributed by atoms with van der Waals surface area (Å²) in [7, 11) is -1.13. The van der Waals surface area contributed by atoms with Gasteiger partial charge in [-0.3, -0.25) is 0 Å². The zero-order chi connectivity index (χ0) is 23.8. The third-order valence-electron chi connectivity index (χ3n) is 6.29. The lowest BCUT2D eigenvalue weighted by molar-refractivity contribution is 0.0973. The van der Waals surface area contributed by atoms with Crippen molar-refractivity contribution in [1.82, 2.24) is 19.7 Å². The average Bonchev–Trinajstić information content (AvgIpc) is 3.06. The molecular formula is C22H31ClN6O2S2. The predicted octanol–water partition coefficient (Wildman–Crippen LogP) is 3.68. The lowest BCUT2D eigenvalue weighted by Gasteiger charge is -2.43. The lowest BCUT2D eigenvalue weighted by atomic mass is 9.73. The molecule has 33 heavy (non-hydrogen) atoms. The molecule has 0 aromatic carbocycles. The molecule has 11 heteroatoms. The Hall–Kier alpha value is -1.46. The number of nitrogen functional groups attached to an aromatic ring is 1. The molecule has 0 amide bonds. The van der Waals surface area contributed by atoms with Gasteiger partial charge in [0.15, 0.2) is 0 Å². The van der Waals surface area contributed by atoms with Gasteiger partial charge < -0.3 is 15.4 Å². The van der Waals surface area contributed by atoms with E-state index < -0.39 is 11.0 Å². The van der Waals surface area contributed by atoms with Crippen LogP contribution in [0.1, 0.15) is 40.5 Å². The van der Waals surface area contributed by atoms with E-state index in [1.54, 1.807) is 24.5 Å². The van der Waals surface area contributed by atoms with E-state index >= 15 is 0 Å². The van der Waals surface area contributed by atoms with Gasteiger partial charge in [-0.15, -0.1) is 0 Å². The van der Waals surface area contributed by atoms with Crippen LogP contribution in [-0.4, -0.2) is 55.8 Å². The van der Waals surface area contributed by atoms with Crippen molar-refractivity contribution in [1.29, 1.82) is 0 Å². The fourth-order valence-electron chi connectivity index (χ4n) is 4.26. The van der Waals surface area contributed by atoms with Gasteiger partial charge in [-0.05, 0) is 64.4 Å². The maximum Gasteiger partial charge on any atom is 0.147 e. The van der Waals surface area contributed by atoms with Crippen LogP contribution in [0.5, 0.6) is 0 Å². The van der Waals surface area contributed by atoms with Crippen LogP contribution in [0.25, 0.3) is 0 Å². The fourth-order valence-corrected chi connectivity index (χ4v) is 6.24. The lowest BCUT2D eigenvalue weighted by Crippen LogP contribution is -2.55. The second kappa shape index (κ2) is 9.65. The van der Waals surface area contributed by atoms with Gasteiger partial charge in [0.1, 0.15) is 21.7 Å². The van der Waals surface area contributed by atoms with Crippen LogP contribution < -0.4 is 15.4 Å². The molecule has 2 aromatic rings.